The number of pyridine rings is 1. The predicted octanol–water partition coefficient (Wildman–Crippen LogP) is 1.11. The molecule has 9 heteroatoms. The van der Waals surface area contributed by atoms with E-state index >= 15 is 0 Å². The molecule has 0 aliphatic carbocycles. The molecule has 2 rings (SSSR count). The summed E-state index contributed by atoms with van der Waals surface area (Å²) in [6, 6.07) is 2.72. The number of rotatable bonds is 7. The van der Waals surface area contributed by atoms with Crippen molar-refractivity contribution in [1.29, 1.82) is 0 Å². The van der Waals surface area contributed by atoms with Gasteiger partial charge in [-0.3, -0.25) is 18.8 Å². The molecule has 132 valence electrons. The van der Waals surface area contributed by atoms with Gasteiger partial charge >= 0.3 is 0 Å². The topological polar surface area (TPSA) is 95.2 Å². The maximum absolute atomic E-state index is 12.8. The van der Waals surface area contributed by atoms with Crippen LogP contribution in [0.4, 0.5) is 5.69 Å². The van der Waals surface area contributed by atoms with E-state index in [0.717, 1.165) is 0 Å². The van der Waals surface area contributed by atoms with Crippen LogP contribution in [0, 0.1) is 0 Å². The van der Waals surface area contributed by atoms with E-state index in [9.17, 15) is 13.2 Å². The molecule has 2 aromatic rings. The zero-order valence-corrected chi connectivity index (χ0v) is 15.1. The molecule has 0 saturated carbocycles. The average molecular weight is 354 g/mol. The van der Waals surface area contributed by atoms with Crippen LogP contribution < -0.4 is 10.3 Å². The first-order valence-electron chi connectivity index (χ1n) is 7.61. The van der Waals surface area contributed by atoms with Crippen LogP contribution >= 0.6 is 0 Å². The summed E-state index contributed by atoms with van der Waals surface area (Å²) in [7, 11) is -0.622. The standard InChI is InChI=1S/C15H22N4O4S/c1-5-12-15(13(6-2)18(3)16-12)24(21,22)17-11-7-8-14(20)19(9-11)10-23-4/h7-9,17H,5-6,10H2,1-4H3. The fourth-order valence-corrected chi connectivity index (χ4v) is 4.18. The van der Waals surface area contributed by atoms with Gasteiger partial charge in [-0.25, -0.2) is 8.42 Å². The first-order chi connectivity index (χ1) is 11.3. The van der Waals surface area contributed by atoms with Gasteiger partial charge in [-0.2, -0.15) is 5.10 Å². The normalized spacial score (nSPS) is 11.7. The van der Waals surface area contributed by atoms with Crippen LogP contribution in [0.25, 0.3) is 0 Å². The number of aromatic nitrogens is 3. The zero-order valence-electron chi connectivity index (χ0n) is 14.2. The third-order valence-electron chi connectivity index (χ3n) is 3.63. The molecule has 0 unspecified atom stereocenters. The van der Waals surface area contributed by atoms with Crippen molar-refractivity contribution in [3.8, 4) is 0 Å². The Morgan fingerprint density at radius 1 is 1.25 bits per heavy atom. The molecular weight excluding hydrogens is 332 g/mol. The van der Waals surface area contributed by atoms with Crippen molar-refractivity contribution < 1.29 is 13.2 Å². The van der Waals surface area contributed by atoms with Crippen LogP contribution in [0.2, 0.25) is 0 Å². The minimum atomic E-state index is -3.81. The summed E-state index contributed by atoms with van der Waals surface area (Å²) in [5.41, 5.74) is 1.18. The highest BCUT2D eigenvalue weighted by Gasteiger charge is 2.26. The number of hydrogen-bond acceptors (Lipinski definition) is 5. The fraction of sp³-hybridized carbons (Fsp3) is 0.467. The Morgan fingerprint density at radius 2 is 1.96 bits per heavy atom. The maximum atomic E-state index is 12.8. The molecule has 0 saturated heterocycles. The number of ether oxygens (including phenoxy) is 1. The second kappa shape index (κ2) is 7.18. The Balaban J connectivity index is 2.46. The highest BCUT2D eigenvalue weighted by molar-refractivity contribution is 7.92. The van der Waals surface area contributed by atoms with Gasteiger partial charge < -0.3 is 4.74 Å². The lowest BCUT2D eigenvalue weighted by Crippen LogP contribution is -2.22. The number of sulfonamides is 1. The Morgan fingerprint density at radius 3 is 2.54 bits per heavy atom. The van der Waals surface area contributed by atoms with Crippen molar-refractivity contribution in [3.63, 3.8) is 0 Å². The lowest BCUT2D eigenvalue weighted by Gasteiger charge is -2.11. The van der Waals surface area contributed by atoms with E-state index in [1.165, 1.54) is 30.0 Å². The molecule has 0 spiro atoms. The molecule has 0 radical (unpaired) electrons. The Bertz CT molecular complexity index is 883. The third kappa shape index (κ3) is 3.51. The van der Waals surface area contributed by atoms with E-state index in [1.807, 2.05) is 13.8 Å². The molecule has 2 heterocycles. The van der Waals surface area contributed by atoms with Crippen LogP contribution in [-0.2, 0) is 41.4 Å². The second-order valence-corrected chi connectivity index (χ2v) is 6.92. The Kier molecular flexibility index (Phi) is 5.45. The quantitative estimate of drug-likeness (QED) is 0.804. The number of anilines is 1. The van der Waals surface area contributed by atoms with Crippen LogP contribution in [0.15, 0.2) is 28.0 Å². The molecule has 24 heavy (non-hydrogen) atoms. The van der Waals surface area contributed by atoms with Crippen LogP contribution in [-0.4, -0.2) is 29.9 Å². The van der Waals surface area contributed by atoms with Crippen molar-refractivity contribution in [2.75, 3.05) is 11.8 Å². The van der Waals surface area contributed by atoms with Gasteiger partial charge in [-0.1, -0.05) is 13.8 Å². The van der Waals surface area contributed by atoms with E-state index in [0.29, 0.717) is 29.9 Å². The lowest BCUT2D eigenvalue weighted by atomic mass is 10.2. The average Bonchev–Trinajstić information content (AvgIpc) is 2.87. The number of nitrogens with one attached hydrogen (secondary N) is 1. The second-order valence-electron chi connectivity index (χ2n) is 5.30. The Labute approximate surface area is 141 Å². The molecule has 0 aliphatic heterocycles. The van der Waals surface area contributed by atoms with Gasteiger partial charge in [0.25, 0.3) is 15.6 Å². The monoisotopic (exact) mass is 354 g/mol. The molecule has 8 nitrogen and oxygen atoms in total. The van der Waals surface area contributed by atoms with Gasteiger partial charge in [0.15, 0.2) is 0 Å². The number of hydrogen-bond donors (Lipinski definition) is 1. The fourth-order valence-electron chi connectivity index (χ4n) is 2.57. The number of aryl methyl sites for hydroxylation is 2. The van der Waals surface area contributed by atoms with Gasteiger partial charge in [0.05, 0.1) is 17.1 Å². The van der Waals surface area contributed by atoms with Crippen LogP contribution in [0.5, 0.6) is 0 Å². The van der Waals surface area contributed by atoms with E-state index in [-0.39, 0.29) is 17.2 Å². The molecule has 0 aliphatic rings. The maximum Gasteiger partial charge on any atom is 0.265 e. The largest absolute Gasteiger partial charge is 0.364 e. The van der Waals surface area contributed by atoms with E-state index in [2.05, 4.69) is 9.82 Å². The summed E-state index contributed by atoms with van der Waals surface area (Å²) in [6.45, 7) is 3.79. The van der Waals surface area contributed by atoms with Gasteiger partial charge in [-0.05, 0) is 18.9 Å². The summed E-state index contributed by atoms with van der Waals surface area (Å²) < 4.78 is 36.0. The minimum Gasteiger partial charge on any atom is -0.364 e. The molecular formula is C15H22N4O4S. The first-order valence-corrected chi connectivity index (χ1v) is 9.09. The van der Waals surface area contributed by atoms with E-state index < -0.39 is 10.0 Å². The first kappa shape index (κ1) is 18.2. The van der Waals surface area contributed by atoms with Crippen molar-refractivity contribution in [2.45, 2.75) is 38.3 Å². The molecule has 0 bridgehead atoms. The minimum absolute atomic E-state index is 0.0434. The van der Waals surface area contributed by atoms with Crippen molar-refractivity contribution in [1.82, 2.24) is 14.3 Å². The van der Waals surface area contributed by atoms with Crippen molar-refractivity contribution >= 4 is 15.7 Å². The molecule has 0 atom stereocenters. The smallest absolute Gasteiger partial charge is 0.265 e. The van der Waals surface area contributed by atoms with Gasteiger partial charge in [0, 0.05) is 26.4 Å². The molecule has 1 N–H and O–H groups in total. The molecule has 0 amide bonds. The summed E-state index contributed by atoms with van der Waals surface area (Å²) >= 11 is 0. The summed E-state index contributed by atoms with van der Waals surface area (Å²) in [5.74, 6) is 0. The summed E-state index contributed by atoms with van der Waals surface area (Å²) in [6.07, 6.45) is 2.47. The molecule has 0 fully saturated rings. The Hall–Kier alpha value is -2.13. The molecule has 0 aromatic carbocycles. The lowest BCUT2D eigenvalue weighted by molar-refractivity contribution is 0.128. The SMILES string of the molecule is CCc1nn(C)c(CC)c1S(=O)(=O)Nc1ccc(=O)n(COC)c1. The van der Waals surface area contributed by atoms with E-state index in [1.54, 1.807) is 11.7 Å². The van der Waals surface area contributed by atoms with Gasteiger partial charge in [0.2, 0.25) is 0 Å². The zero-order chi connectivity index (χ0) is 17.9. The molecule has 2 aromatic heterocycles. The van der Waals surface area contributed by atoms with E-state index in [4.69, 9.17) is 4.74 Å². The summed E-state index contributed by atoms with van der Waals surface area (Å²) in [5, 5.41) is 4.29. The summed E-state index contributed by atoms with van der Waals surface area (Å²) in [4.78, 5) is 11.9. The number of methoxy groups -OCH3 is 1. The van der Waals surface area contributed by atoms with Crippen LogP contribution in [0.3, 0.4) is 0 Å². The van der Waals surface area contributed by atoms with Crippen LogP contribution in [0.1, 0.15) is 25.2 Å². The van der Waals surface area contributed by atoms with Crippen molar-refractivity contribution in [3.05, 3.63) is 40.1 Å². The van der Waals surface area contributed by atoms with Gasteiger partial charge in [0.1, 0.15) is 11.6 Å². The highest BCUT2D eigenvalue weighted by atomic mass is 32.2. The number of nitrogens with zero attached hydrogens (tertiary/aromatic N) is 3. The predicted molar refractivity (Wildman–Crippen MR) is 90.5 cm³/mol. The highest BCUT2D eigenvalue weighted by Crippen LogP contribution is 2.23. The van der Waals surface area contributed by atoms with Crippen molar-refractivity contribution in [2.24, 2.45) is 7.05 Å². The van der Waals surface area contributed by atoms with Gasteiger partial charge in [-0.15, -0.1) is 0 Å². The third-order valence-corrected chi connectivity index (χ3v) is 5.14.